The number of hydrogen-bond donors (Lipinski definition) is 1. The van der Waals surface area contributed by atoms with E-state index in [0.29, 0.717) is 12.6 Å². The predicted molar refractivity (Wildman–Crippen MR) is 87.1 cm³/mol. The molecule has 0 amide bonds. The second kappa shape index (κ2) is 8.01. The van der Waals surface area contributed by atoms with Crippen LogP contribution in [0.2, 0.25) is 0 Å². The van der Waals surface area contributed by atoms with E-state index in [9.17, 15) is 0 Å². The predicted octanol–water partition coefficient (Wildman–Crippen LogP) is 3.51. The molecule has 118 valence electrons. The van der Waals surface area contributed by atoms with E-state index in [1.807, 2.05) is 13.0 Å². The van der Waals surface area contributed by atoms with Gasteiger partial charge in [0.25, 0.3) is 0 Å². The molecule has 1 aromatic rings. The molecule has 0 spiro atoms. The van der Waals surface area contributed by atoms with Crippen molar-refractivity contribution in [2.24, 2.45) is 0 Å². The van der Waals surface area contributed by atoms with Crippen molar-refractivity contribution in [3.8, 4) is 11.5 Å². The Hall–Kier alpha value is -0.780. The lowest BCUT2D eigenvalue weighted by atomic mass is 10.2. The molecule has 1 unspecified atom stereocenters. The minimum Gasteiger partial charge on any atom is -0.493 e. The minimum atomic E-state index is 0.0746. The highest BCUT2D eigenvalue weighted by Crippen LogP contribution is 2.37. The number of ether oxygens (including phenoxy) is 3. The number of methoxy groups -OCH3 is 2. The minimum absolute atomic E-state index is 0.0746. The molecule has 0 saturated heterocycles. The molecule has 1 aromatic carbocycles. The molecule has 1 fully saturated rings. The van der Waals surface area contributed by atoms with Gasteiger partial charge in [-0.3, -0.25) is 0 Å². The summed E-state index contributed by atoms with van der Waals surface area (Å²) < 4.78 is 17.5. The van der Waals surface area contributed by atoms with Gasteiger partial charge in [-0.05, 0) is 53.4 Å². The van der Waals surface area contributed by atoms with E-state index in [2.05, 4.69) is 27.3 Å². The van der Waals surface area contributed by atoms with Crippen LogP contribution in [0.1, 0.15) is 31.7 Å². The van der Waals surface area contributed by atoms with Gasteiger partial charge < -0.3 is 19.5 Å². The van der Waals surface area contributed by atoms with Gasteiger partial charge in [0.1, 0.15) is 0 Å². The largest absolute Gasteiger partial charge is 0.493 e. The molecule has 0 bridgehead atoms. The van der Waals surface area contributed by atoms with Gasteiger partial charge >= 0.3 is 0 Å². The van der Waals surface area contributed by atoms with Crippen molar-refractivity contribution in [3.63, 3.8) is 0 Å². The van der Waals surface area contributed by atoms with Crippen LogP contribution in [0.25, 0.3) is 0 Å². The van der Waals surface area contributed by atoms with Crippen molar-refractivity contribution in [1.82, 2.24) is 5.32 Å². The maximum Gasteiger partial charge on any atom is 0.175 e. The highest BCUT2D eigenvalue weighted by Gasteiger charge is 2.21. The average molecular weight is 358 g/mol. The summed E-state index contributed by atoms with van der Waals surface area (Å²) in [6, 6.07) is 4.83. The highest BCUT2D eigenvalue weighted by atomic mass is 79.9. The SMILES string of the molecule is COCCC(C)Oc1c(Br)cc(CNC2CC2)cc1OC. The van der Waals surface area contributed by atoms with Crippen molar-refractivity contribution in [2.75, 3.05) is 20.8 Å². The van der Waals surface area contributed by atoms with Crippen molar-refractivity contribution in [1.29, 1.82) is 0 Å². The molecule has 1 aliphatic carbocycles. The maximum atomic E-state index is 5.99. The molecular formula is C16H24BrNO3. The first-order valence-electron chi connectivity index (χ1n) is 7.39. The quantitative estimate of drug-likeness (QED) is 0.733. The Morgan fingerprint density at radius 3 is 2.71 bits per heavy atom. The number of benzene rings is 1. The lowest BCUT2D eigenvalue weighted by molar-refractivity contribution is 0.132. The summed E-state index contributed by atoms with van der Waals surface area (Å²) in [6.07, 6.45) is 3.50. The molecule has 4 nitrogen and oxygen atoms in total. The van der Waals surface area contributed by atoms with Crippen LogP contribution in [-0.2, 0) is 11.3 Å². The van der Waals surface area contributed by atoms with Crippen LogP contribution in [0.5, 0.6) is 11.5 Å². The lowest BCUT2D eigenvalue weighted by Gasteiger charge is -2.19. The maximum absolute atomic E-state index is 5.99. The summed E-state index contributed by atoms with van der Waals surface area (Å²) in [5.74, 6) is 1.53. The van der Waals surface area contributed by atoms with Crippen LogP contribution in [-0.4, -0.2) is 33.0 Å². The van der Waals surface area contributed by atoms with E-state index >= 15 is 0 Å². The van der Waals surface area contributed by atoms with E-state index in [-0.39, 0.29) is 6.10 Å². The van der Waals surface area contributed by atoms with Crippen molar-refractivity contribution >= 4 is 15.9 Å². The first-order valence-corrected chi connectivity index (χ1v) is 8.18. The highest BCUT2D eigenvalue weighted by molar-refractivity contribution is 9.10. The van der Waals surface area contributed by atoms with E-state index in [1.165, 1.54) is 18.4 Å². The fourth-order valence-electron chi connectivity index (χ4n) is 2.08. The molecule has 0 radical (unpaired) electrons. The van der Waals surface area contributed by atoms with E-state index in [1.54, 1.807) is 14.2 Å². The Kier molecular flexibility index (Phi) is 6.33. The van der Waals surface area contributed by atoms with Crippen molar-refractivity contribution < 1.29 is 14.2 Å². The summed E-state index contributed by atoms with van der Waals surface area (Å²) in [5, 5.41) is 3.51. The third-order valence-electron chi connectivity index (χ3n) is 3.51. The monoisotopic (exact) mass is 357 g/mol. The summed E-state index contributed by atoms with van der Waals surface area (Å²) in [6.45, 7) is 3.58. The molecule has 1 saturated carbocycles. The number of rotatable bonds is 9. The molecule has 2 rings (SSSR count). The number of halogens is 1. The van der Waals surface area contributed by atoms with E-state index in [4.69, 9.17) is 14.2 Å². The number of hydrogen-bond acceptors (Lipinski definition) is 4. The van der Waals surface area contributed by atoms with Gasteiger partial charge in [-0.2, -0.15) is 0 Å². The molecular weight excluding hydrogens is 334 g/mol. The molecule has 1 atom stereocenters. The Labute approximate surface area is 135 Å². The summed E-state index contributed by atoms with van der Waals surface area (Å²) in [4.78, 5) is 0. The Balaban J connectivity index is 2.04. The smallest absolute Gasteiger partial charge is 0.175 e. The van der Waals surface area contributed by atoms with Gasteiger partial charge in [0.15, 0.2) is 11.5 Å². The molecule has 0 aliphatic heterocycles. The van der Waals surface area contributed by atoms with Gasteiger partial charge in [-0.15, -0.1) is 0 Å². The zero-order valence-electron chi connectivity index (χ0n) is 12.9. The van der Waals surface area contributed by atoms with Crippen molar-refractivity contribution in [3.05, 3.63) is 22.2 Å². The second-order valence-corrected chi connectivity index (χ2v) is 6.33. The first-order chi connectivity index (χ1) is 10.1. The zero-order chi connectivity index (χ0) is 15.2. The summed E-state index contributed by atoms with van der Waals surface area (Å²) in [5.41, 5.74) is 1.20. The van der Waals surface area contributed by atoms with E-state index in [0.717, 1.165) is 28.9 Å². The summed E-state index contributed by atoms with van der Waals surface area (Å²) >= 11 is 3.59. The Morgan fingerprint density at radius 1 is 1.33 bits per heavy atom. The molecule has 21 heavy (non-hydrogen) atoms. The van der Waals surface area contributed by atoms with Crippen LogP contribution in [0.15, 0.2) is 16.6 Å². The molecule has 1 N–H and O–H groups in total. The zero-order valence-corrected chi connectivity index (χ0v) is 14.5. The van der Waals surface area contributed by atoms with E-state index < -0.39 is 0 Å². The molecule has 5 heteroatoms. The van der Waals surface area contributed by atoms with Crippen LogP contribution < -0.4 is 14.8 Å². The second-order valence-electron chi connectivity index (χ2n) is 5.47. The molecule has 0 heterocycles. The van der Waals surface area contributed by atoms with Gasteiger partial charge in [-0.25, -0.2) is 0 Å². The average Bonchev–Trinajstić information content (AvgIpc) is 3.29. The fraction of sp³-hybridized carbons (Fsp3) is 0.625. The summed E-state index contributed by atoms with van der Waals surface area (Å²) in [7, 11) is 3.37. The third-order valence-corrected chi connectivity index (χ3v) is 4.10. The van der Waals surface area contributed by atoms with Gasteiger partial charge in [-0.1, -0.05) is 0 Å². The van der Waals surface area contributed by atoms with Gasteiger partial charge in [0.2, 0.25) is 0 Å². The first kappa shape index (κ1) is 16.6. The number of nitrogens with one attached hydrogen (secondary N) is 1. The Morgan fingerprint density at radius 2 is 2.10 bits per heavy atom. The lowest BCUT2D eigenvalue weighted by Crippen LogP contribution is -2.17. The van der Waals surface area contributed by atoms with Gasteiger partial charge in [0, 0.05) is 32.7 Å². The van der Waals surface area contributed by atoms with Crippen LogP contribution in [0.3, 0.4) is 0 Å². The standard InChI is InChI=1S/C16H24BrNO3/c1-11(6-7-19-2)21-16-14(17)8-12(9-15(16)20-3)10-18-13-4-5-13/h8-9,11,13,18H,4-7,10H2,1-3H3. The van der Waals surface area contributed by atoms with Crippen LogP contribution in [0.4, 0.5) is 0 Å². The van der Waals surface area contributed by atoms with Crippen LogP contribution in [0, 0.1) is 0 Å². The normalized spacial score (nSPS) is 15.8. The fourth-order valence-corrected chi connectivity index (χ4v) is 2.67. The Bertz CT molecular complexity index is 463. The molecule has 1 aliphatic rings. The van der Waals surface area contributed by atoms with Gasteiger partial charge in [0.05, 0.1) is 17.7 Å². The third kappa shape index (κ3) is 5.16. The molecule has 0 aromatic heterocycles. The topological polar surface area (TPSA) is 39.7 Å². The van der Waals surface area contributed by atoms with Crippen molar-refractivity contribution in [2.45, 2.75) is 44.9 Å². The van der Waals surface area contributed by atoms with Crippen LogP contribution >= 0.6 is 15.9 Å².